The highest BCUT2D eigenvalue weighted by Gasteiger charge is 2.56. The maximum Gasteiger partial charge on any atom is 0.222 e. The van der Waals surface area contributed by atoms with E-state index < -0.39 is 0 Å². The van der Waals surface area contributed by atoms with Crippen LogP contribution in [0.3, 0.4) is 0 Å². The van der Waals surface area contributed by atoms with E-state index in [0.717, 1.165) is 38.5 Å². The fourth-order valence-corrected chi connectivity index (χ4v) is 6.37. The van der Waals surface area contributed by atoms with Gasteiger partial charge in [-0.2, -0.15) is 0 Å². The van der Waals surface area contributed by atoms with Crippen LogP contribution in [0.4, 0.5) is 0 Å². The van der Waals surface area contributed by atoms with E-state index in [1.165, 1.54) is 6.42 Å². The van der Waals surface area contributed by atoms with Gasteiger partial charge >= 0.3 is 0 Å². The van der Waals surface area contributed by atoms with E-state index in [0.29, 0.717) is 24.3 Å². The molecule has 3 nitrogen and oxygen atoms in total. The molecule has 0 aromatic rings. The lowest BCUT2D eigenvalue weighted by atomic mass is 9.52. The zero-order valence-electron chi connectivity index (χ0n) is 14.2. The molecule has 1 heterocycles. The van der Waals surface area contributed by atoms with E-state index in [1.54, 1.807) is 11.1 Å². The van der Waals surface area contributed by atoms with Crippen LogP contribution in [0.2, 0.25) is 0 Å². The van der Waals surface area contributed by atoms with Gasteiger partial charge in [-0.3, -0.25) is 4.79 Å². The minimum absolute atomic E-state index is 0.0470. The molecule has 0 aromatic carbocycles. The van der Waals surface area contributed by atoms with Crippen molar-refractivity contribution in [1.82, 2.24) is 4.90 Å². The Morgan fingerprint density at radius 2 is 1.86 bits per heavy atom. The first-order valence-corrected chi connectivity index (χ1v) is 9.04. The number of rotatable bonds is 0. The zero-order chi connectivity index (χ0) is 15.7. The van der Waals surface area contributed by atoms with E-state index in [-0.39, 0.29) is 16.9 Å². The Kier molecular flexibility index (Phi) is 3.08. The monoisotopic (exact) mass is 303 g/mol. The molecule has 3 heteroatoms. The van der Waals surface area contributed by atoms with Crippen molar-refractivity contribution in [3.05, 3.63) is 11.1 Å². The van der Waals surface area contributed by atoms with E-state index in [9.17, 15) is 9.90 Å². The first-order valence-electron chi connectivity index (χ1n) is 9.04. The van der Waals surface area contributed by atoms with Crippen molar-refractivity contribution in [3.8, 4) is 0 Å². The maximum atomic E-state index is 12.1. The largest absolute Gasteiger partial charge is 0.392 e. The summed E-state index contributed by atoms with van der Waals surface area (Å²) in [7, 11) is 2.01. The van der Waals surface area contributed by atoms with Crippen LogP contribution in [0.5, 0.6) is 0 Å². The Morgan fingerprint density at radius 3 is 2.64 bits per heavy atom. The van der Waals surface area contributed by atoms with Crippen LogP contribution in [0.1, 0.15) is 65.2 Å². The number of amides is 1. The lowest BCUT2D eigenvalue weighted by Gasteiger charge is -2.57. The van der Waals surface area contributed by atoms with Gasteiger partial charge in [-0.05, 0) is 56.3 Å². The molecule has 4 aliphatic rings. The number of piperidine rings is 1. The molecule has 0 bridgehead atoms. The van der Waals surface area contributed by atoms with Crippen molar-refractivity contribution in [3.63, 3.8) is 0 Å². The summed E-state index contributed by atoms with van der Waals surface area (Å²) in [4.78, 5) is 14.2. The number of hydrogen-bond acceptors (Lipinski definition) is 2. The molecule has 1 aliphatic heterocycles. The lowest BCUT2D eigenvalue weighted by molar-refractivity contribution is -0.144. The van der Waals surface area contributed by atoms with E-state index in [4.69, 9.17) is 0 Å². The Balaban J connectivity index is 1.76. The summed E-state index contributed by atoms with van der Waals surface area (Å²) in [5, 5.41) is 10.5. The highest BCUT2D eigenvalue weighted by molar-refractivity contribution is 5.77. The van der Waals surface area contributed by atoms with Crippen molar-refractivity contribution >= 4 is 5.91 Å². The Hall–Kier alpha value is -0.830. The molecule has 1 unspecified atom stereocenters. The fourth-order valence-electron chi connectivity index (χ4n) is 6.37. The number of hydrogen-bond donors (Lipinski definition) is 1. The minimum atomic E-state index is -0.142. The molecule has 0 aromatic heterocycles. The molecule has 0 spiro atoms. The average Bonchev–Trinajstić information content (AvgIpc) is 2.79. The summed E-state index contributed by atoms with van der Waals surface area (Å²) >= 11 is 0. The normalized spacial score (nSPS) is 48.1. The third-order valence-corrected chi connectivity index (χ3v) is 7.84. The highest BCUT2D eigenvalue weighted by Crippen LogP contribution is 2.61. The number of likely N-dealkylation sites (tertiary alicyclic amines) is 1. The molecule has 22 heavy (non-hydrogen) atoms. The second kappa shape index (κ2) is 4.59. The first kappa shape index (κ1) is 14.7. The highest BCUT2D eigenvalue weighted by atomic mass is 16.3. The van der Waals surface area contributed by atoms with Crippen molar-refractivity contribution in [2.75, 3.05) is 7.05 Å². The number of allylic oxidation sites excluding steroid dienone is 1. The first-order chi connectivity index (χ1) is 10.4. The molecular weight excluding hydrogens is 274 g/mol. The number of aliphatic hydroxyl groups is 1. The summed E-state index contributed by atoms with van der Waals surface area (Å²) in [5.41, 5.74) is 3.56. The van der Waals surface area contributed by atoms with Crippen molar-refractivity contribution in [2.45, 2.75) is 77.4 Å². The molecule has 1 amide bonds. The van der Waals surface area contributed by atoms with Gasteiger partial charge in [-0.25, -0.2) is 0 Å². The van der Waals surface area contributed by atoms with Crippen LogP contribution in [0, 0.1) is 16.7 Å². The fraction of sp³-hybridized carbons (Fsp3) is 0.842. The van der Waals surface area contributed by atoms with Crippen molar-refractivity contribution in [1.29, 1.82) is 0 Å². The van der Waals surface area contributed by atoms with Crippen LogP contribution in [-0.2, 0) is 4.79 Å². The molecule has 4 rings (SSSR count). The number of fused-ring (bicyclic) bond motifs is 4. The van der Waals surface area contributed by atoms with Gasteiger partial charge < -0.3 is 10.0 Å². The smallest absolute Gasteiger partial charge is 0.222 e. The Labute approximate surface area is 133 Å². The second-order valence-electron chi connectivity index (χ2n) is 8.63. The van der Waals surface area contributed by atoms with Gasteiger partial charge in [0.2, 0.25) is 5.91 Å². The number of aliphatic hydroxyl groups excluding tert-OH is 1. The zero-order valence-corrected chi connectivity index (χ0v) is 14.2. The van der Waals surface area contributed by atoms with Crippen LogP contribution in [0.15, 0.2) is 11.1 Å². The SMILES string of the molecule is CN1C(=O)CC[C@@]2(C)C1CCC1=C3CC[C@H](O)[C@@]3(C)CC[C@@H]12. The van der Waals surface area contributed by atoms with Crippen LogP contribution < -0.4 is 0 Å². The summed E-state index contributed by atoms with van der Waals surface area (Å²) in [6.07, 6.45) is 8.22. The third kappa shape index (κ3) is 1.69. The molecule has 2 saturated carbocycles. The standard InChI is InChI=1S/C19H29NO2/c1-18-11-9-17(22)20(3)15(18)6-4-12-13-5-7-16(21)19(13,2)10-8-14(12)18/h14-16,21H,4-11H2,1-3H3/t14-,15?,16-,18+,19-/m0/s1. The summed E-state index contributed by atoms with van der Waals surface area (Å²) in [6.45, 7) is 4.72. The molecular formula is C19H29NO2. The second-order valence-corrected chi connectivity index (χ2v) is 8.63. The van der Waals surface area contributed by atoms with Crippen molar-refractivity contribution < 1.29 is 9.90 Å². The van der Waals surface area contributed by atoms with Gasteiger partial charge in [0.05, 0.1) is 6.10 Å². The van der Waals surface area contributed by atoms with Crippen LogP contribution in [0.25, 0.3) is 0 Å². The van der Waals surface area contributed by atoms with Gasteiger partial charge in [0.1, 0.15) is 0 Å². The van der Waals surface area contributed by atoms with Crippen LogP contribution >= 0.6 is 0 Å². The van der Waals surface area contributed by atoms with Gasteiger partial charge in [0, 0.05) is 24.9 Å². The van der Waals surface area contributed by atoms with E-state index in [1.807, 2.05) is 11.9 Å². The third-order valence-electron chi connectivity index (χ3n) is 7.84. The molecule has 122 valence electrons. The number of carbonyl (C=O) groups excluding carboxylic acids is 1. The summed E-state index contributed by atoms with van der Waals surface area (Å²) in [6, 6.07) is 0.416. The van der Waals surface area contributed by atoms with Gasteiger partial charge in [0.25, 0.3) is 0 Å². The Morgan fingerprint density at radius 1 is 1.09 bits per heavy atom. The average molecular weight is 303 g/mol. The van der Waals surface area contributed by atoms with Gasteiger partial charge in [-0.15, -0.1) is 0 Å². The molecule has 3 aliphatic carbocycles. The molecule has 1 saturated heterocycles. The quantitative estimate of drug-likeness (QED) is 0.698. The van der Waals surface area contributed by atoms with Crippen molar-refractivity contribution in [2.24, 2.45) is 16.7 Å². The number of nitrogens with zero attached hydrogens (tertiary/aromatic N) is 1. The van der Waals surface area contributed by atoms with E-state index in [2.05, 4.69) is 13.8 Å². The maximum absolute atomic E-state index is 12.1. The lowest BCUT2D eigenvalue weighted by Crippen LogP contribution is -2.58. The molecule has 5 atom stereocenters. The minimum Gasteiger partial charge on any atom is -0.392 e. The van der Waals surface area contributed by atoms with Gasteiger partial charge in [-0.1, -0.05) is 25.0 Å². The molecule has 0 radical (unpaired) electrons. The predicted molar refractivity (Wildman–Crippen MR) is 86.2 cm³/mol. The molecule has 3 fully saturated rings. The topological polar surface area (TPSA) is 40.5 Å². The van der Waals surface area contributed by atoms with Gasteiger partial charge in [0.15, 0.2) is 0 Å². The molecule has 1 N–H and O–H groups in total. The van der Waals surface area contributed by atoms with E-state index >= 15 is 0 Å². The Bertz CT molecular complexity index is 554. The number of carbonyl (C=O) groups is 1. The predicted octanol–water partition coefficient (Wildman–Crippen LogP) is 3.27. The summed E-state index contributed by atoms with van der Waals surface area (Å²) in [5.74, 6) is 0.964. The van der Waals surface area contributed by atoms with Crippen LogP contribution in [-0.4, -0.2) is 35.1 Å². The summed E-state index contributed by atoms with van der Waals surface area (Å²) < 4.78 is 0.